The van der Waals surface area contributed by atoms with E-state index in [2.05, 4.69) is 6.92 Å². The summed E-state index contributed by atoms with van der Waals surface area (Å²) >= 11 is 0. The summed E-state index contributed by atoms with van der Waals surface area (Å²) in [5.41, 5.74) is 1.54. The van der Waals surface area contributed by atoms with Gasteiger partial charge >= 0.3 is 5.97 Å². The van der Waals surface area contributed by atoms with Gasteiger partial charge in [0.15, 0.2) is 5.78 Å². The molecule has 4 atom stereocenters. The van der Waals surface area contributed by atoms with E-state index in [1.807, 2.05) is 13.0 Å². The van der Waals surface area contributed by atoms with Crippen LogP contribution in [0.5, 0.6) is 0 Å². The van der Waals surface area contributed by atoms with Crippen LogP contribution in [0.25, 0.3) is 6.08 Å². The summed E-state index contributed by atoms with van der Waals surface area (Å²) in [6.45, 7) is 4.10. The fourth-order valence-corrected chi connectivity index (χ4v) is 4.46. The molecule has 2 aliphatic rings. The van der Waals surface area contributed by atoms with Crippen molar-refractivity contribution < 1.29 is 19.8 Å². The van der Waals surface area contributed by atoms with Crippen LogP contribution in [0.15, 0.2) is 29.8 Å². The van der Waals surface area contributed by atoms with Crippen molar-refractivity contribution in [2.45, 2.75) is 45.6 Å². The van der Waals surface area contributed by atoms with Crippen LogP contribution in [0, 0.1) is 17.3 Å². The van der Waals surface area contributed by atoms with Gasteiger partial charge in [-0.05, 0) is 66.9 Å². The van der Waals surface area contributed by atoms with Gasteiger partial charge in [-0.1, -0.05) is 26.0 Å². The third kappa shape index (κ3) is 2.80. The number of rotatable bonds is 2. The summed E-state index contributed by atoms with van der Waals surface area (Å²) < 4.78 is 0. The minimum absolute atomic E-state index is 0.157. The average molecular weight is 328 g/mol. The standard InChI is InChI=1S/C20H24O4/c1-12-16-8-7-15(18(22)20(16,2)10-9-17(12)21)11-13-3-5-14(6-4-13)19(23)24/h3-6,11-12,16-17,21H,7-10H2,1-2H3,(H,23,24)/t12-,16?,17?,20-/m0/s1. The maximum atomic E-state index is 13.1. The smallest absolute Gasteiger partial charge is 0.335 e. The maximum absolute atomic E-state index is 13.1. The fourth-order valence-electron chi connectivity index (χ4n) is 4.46. The van der Waals surface area contributed by atoms with Crippen molar-refractivity contribution in [3.05, 3.63) is 41.0 Å². The Hall–Kier alpha value is -1.94. The molecule has 24 heavy (non-hydrogen) atoms. The van der Waals surface area contributed by atoms with Crippen molar-refractivity contribution in [3.63, 3.8) is 0 Å². The number of fused-ring (bicyclic) bond motifs is 1. The Bertz CT molecular complexity index is 688. The number of hydrogen-bond donors (Lipinski definition) is 2. The van der Waals surface area contributed by atoms with E-state index in [1.165, 1.54) is 0 Å². The Morgan fingerprint density at radius 1 is 1.25 bits per heavy atom. The van der Waals surface area contributed by atoms with Gasteiger partial charge in [-0.3, -0.25) is 4.79 Å². The summed E-state index contributed by atoms with van der Waals surface area (Å²) in [4.78, 5) is 24.0. The SMILES string of the molecule is C[C@@H]1C(O)CC[C@]2(C)C(=O)C(=Cc3ccc(C(=O)O)cc3)CCC12. The molecular formula is C20H24O4. The van der Waals surface area contributed by atoms with E-state index in [-0.39, 0.29) is 34.7 Å². The molecule has 0 radical (unpaired) electrons. The molecular weight excluding hydrogens is 304 g/mol. The molecule has 0 saturated heterocycles. The normalized spacial score (nSPS) is 34.9. The second-order valence-corrected chi connectivity index (χ2v) is 7.45. The maximum Gasteiger partial charge on any atom is 0.335 e. The number of carbonyl (C=O) groups excluding carboxylic acids is 1. The summed E-state index contributed by atoms with van der Waals surface area (Å²) in [6.07, 6.45) is 4.64. The number of aliphatic hydroxyl groups excluding tert-OH is 1. The van der Waals surface area contributed by atoms with Crippen molar-refractivity contribution in [3.8, 4) is 0 Å². The van der Waals surface area contributed by atoms with E-state index in [0.29, 0.717) is 6.42 Å². The van der Waals surface area contributed by atoms with E-state index in [0.717, 1.165) is 30.4 Å². The first-order valence-corrected chi connectivity index (χ1v) is 8.60. The van der Waals surface area contributed by atoms with Crippen molar-refractivity contribution >= 4 is 17.8 Å². The van der Waals surface area contributed by atoms with Gasteiger partial charge in [0.1, 0.15) is 0 Å². The monoisotopic (exact) mass is 328 g/mol. The number of aliphatic hydroxyl groups is 1. The third-order valence-electron chi connectivity index (χ3n) is 6.05. The molecule has 128 valence electrons. The molecule has 0 heterocycles. The van der Waals surface area contributed by atoms with Crippen LogP contribution in [-0.4, -0.2) is 28.1 Å². The van der Waals surface area contributed by atoms with Crippen LogP contribution < -0.4 is 0 Å². The van der Waals surface area contributed by atoms with Gasteiger partial charge in [-0.25, -0.2) is 4.79 Å². The zero-order valence-corrected chi connectivity index (χ0v) is 14.2. The average Bonchev–Trinajstić information content (AvgIpc) is 2.56. The molecule has 1 aromatic rings. The van der Waals surface area contributed by atoms with Crippen molar-refractivity contribution in [1.29, 1.82) is 0 Å². The van der Waals surface area contributed by atoms with E-state index >= 15 is 0 Å². The summed E-state index contributed by atoms with van der Waals surface area (Å²) in [5, 5.41) is 19.1. The van der Waals surface area contributed by atoms with E-state index in [9.17, 15) is 14.7 Å². The fraction of sp³-hybridized carbons (Fsp3) is 0.500. The Morgan fingerprint density at radius 2 is 1.92 bits per heavy atom. The number of Topliss-reactive ketones (excluding diaryl/α,β-unsaturated/α-hetero) is 1. The van der Waals surface area contributed by atoms with Crippen LogP contribution in [0.1, 0.15) is 55.5 Å². The molecule has 0 spiro atoms. The van der Waals surface area contributed by atoms with Gasteiger partial charge in [0, 0.05) is 5.41 Å². The summed E-state index contributed by atoms with van der Waals surface area (Å²) in [6, 6.07) is 6.61. The quantitative estimate of drug-likeness (QED) is 0.814. The largest absolute Gasteiger partial charge is 0.478 e. The molecule has 2 aliphatic carbocycles. The van der Waals surface area contributed by atoms with Gasteiger partial charge in [-0.15, -0.1) is 0 Å². The van der Waals surface area contributed by atoms with Crippen LogP contribution in [-0.2, 0) is 4.79 Å². The van der Waals surface area contributed by atoms with E-state index in [1.54, 1.807) is 24.3 Å². The Morgan fingerprint density at radius 3 is 2.54 bits per heavy atom. The Balaban J connectivity index is 1.86. The molecule has 0 aromatic heterocycles. The lowest BCUT2D eigenvalue weighted by molar-refractivity contribution is -0.137. The second-order valence-electron chi connectivity index (χ2n) is 7.45. The molecule has 0 aliphatic heterocycles. The second kappa shape index (κ2) is 6.17. The first kappa shape index (κ1) is 16.9. The molecule has 4 heteroatoms. The molecule has 2 N–H and O–H groups in total. The van der Waals surface area contributed by atoms with Crippen molar-refractivity contribution in [1.82, 2.24) is 0 Å². The molecule has 2 saturated carbocycles. The van der Waals surface area contributed by atoms with E-state index < -0.39 is 5.97 Å². The Labute approximate surface area is 142 Å². The minimum atomic E-state index is -0.951. The zero-order valence-electron chi connectivity index (χ0n) is 14.2. The minimum Gasteiger partial charge on any atom is -0.478 e. The molecule has 0 bridgehead atoms. The lowest BCUT2D eigenvalue weighted by atomic mass is 9.55. The predicted molar refractivity (Wildman–Crippen MR) is 91.6 cm³/mol. The number of allylic oxidation sites excluding steroid dienone is 1. The highest BCUT2D eigenvalue weighted by Crippen LogP contribution is 2.52. The van der Waals surface area contributed by atoms with Gasteiger partial charge in [-0.2, -0.15) is 0 Å². The number of hydrogen-bond acceptors (Lipinski definition) is 3. The van der Waals surface area contributed by atoms with Gasteiger partial charge < -0.3 is 10.2 Å². The lowest BCUT2D eigenvalue weighted by Crippen LogP contribution is -2.50. The number of aromatic carboxylic acids is 1. The van der Waals surface area contributed by atoms with Gasteiger partial charge in [0.25, 0.3) is 0 Å². The molecule has 2 fully saturated rings. The van der Waals surface area contributed by atoms with Crippen molar-refractivity contribution in [2.75, 3.05) is 0 Å². The third-order valence-corrected chi connectivity index (χ3v) is 6.05. The molecule has 2 unspecified atom stereocenters. The number of ketones is 1. The molecule has 3 rings (SSSR count). The number of carbonyl (C=O) groups is 2. The molecule has 4 nitrogen and oxygen atoms in total. The number of benzene rings is 1. The van der Waals surface area contributed by atoms with Crippen LogP contribution in [0.4, 0.5) is 0 Å². The van der Waals surface area contributed by atoms with Gasteiger partial charge in [0.05, 0.1) is 11.7 Å². The van der Waals surface area contributed by atoms with Gasteiger partial charge in [0.2, 0.25) is 0 Å². The highest BCUT2D eigenvalue weighted by molar-refractivity contribution is 6.04. The zero-order chi connectivity index (χ0) is 17.5. The van der Waals surface area contributed by atoms with Crippen LogP contribution in [0.3, 0.4) is 0 Å². The topological polar surface area (TPSA) is 74.6 Å². The van der Waals surface area contributed by atoms with Crippen LogP contribution >= 0.6 is 0 Å². The molecule has 1 aromatic carbocycles. The van der Waals surface area contributed by atoms with E-state index in [4.69, 9.17) is 5.11 Å². The lowest BCUT2D eigenvalue weighted by Gasteiger charge is -2.49. The molecule has 0 amide bonds. The first-order valence-electron chi connectivity index (χ1n) is 8.60. The highest BCUT2D eigenvalue weighted by Gasteiger charge is 2.51. The van der Waals surface area contributed by atoms with Crippen LogP contribution in [0.2, 0.25) is 0 Å². The first-order chi connectivity index (χ1) is 11.3. The van der Waals surface area contributed by atoms with Crippen molar-refractivity contribution in [2.24, 2.45) is 17.3 Å². The predicted octanol–water partition coefficient (Wildman–Crippen LogP) is 3.54. The summed E-state index contributed by atoms with van der Waals surface area (Å²) in [5.74, 6) is -0.364. The Kier molecular flexibility index (Phi) is 4.35. The number of carboxylic acids is 1. The highest BCUT2D eigenvalue weighted by atomic mass is 16.4. The number of carboxylic acid groups (broad SMARTS) is 1. The summed E-state index contributed by atoms with van der Waals surface area (Å²) in [7, 11) is 0.